The number of carbonyl (C=O) groups excluding carboxylic acids is 1. The molecule has 0 spiro atoms. The van der Waals surface area contributed by atoms with Gasteiger partial charge in [0.25, 0.3) is 0 Å². The van der Waals surface area contributed by atoms with Crippen LogP contribution in [0.2, 0.25) is 5.02 Å². The second kappa shape index (κ2) is 6.36. The van der Waals surface area contributed by atoms with Gasteiger partial charge in [-0.05, 0) is 44.0 Å². The molecule has 0 saturated carbocycles. The molecule has 2 N–H and O–H groups in total. The monoisotopic (exact) mass is 321 g/mol. The molecule has 0 radical (unpaired) electrons. The van der Waals surface area contributed by atoms with Gasteiger partial charge in [-0.15, -0.1) is 0 Å². The van der Waals surface area contributed by atoms with Gasteiger partial charge in [0.2, 0.25) is 0 Å². The number of nitrogens with one attached hydrogen (secondary N) is 1. The maximum absolute atomic E-state index is 12.3. The summed E-state index contributed by atoms with van der Waals surface area (Å²) in [5.74, 6) is 0.0807. The lowest BCUT2D eigenvalue weighted by Gasteiger charge is -2.28. The van der Waals surface area contributed by atoms with E-state index < -0.39 is 6.10 Å². The highest BCUT2D eigenvalue weighted by Gasteiger charge is 2.25. The number of fused-ring (bicyclic) bond motifs is 1. The first-order chi connectivity index (χ1) is 10.6. The van der Waals surface area contributed by atoms with Crippen LogP contribution in [0.5, 0.6) is 0 Å². The van der Waals surface area contributed by atoms with Crippen LogP contribution in [-0.2, 0) is 11.3 Å². The van der Waals surface area contributed by atoms with Crippen LogP contribution in [0.3, 0.4) is 0 Å². The maximum atomic E-state index is 12.3. The number of benzene rings is 1. The van der Waals surface area contributed by atoms with Gasteiger partial charge in [-0.1, -0.05) is 11.6 Å². The number of imidazole rings is 1. The highest BCUT2D eigenvalue weighted by atomic mass is 35.5. The van der Waals surface area contributed by atoms with Gasteiger partial charge >= 0.3 is 0 Å². The van der Waals surface area contributed by atoms with Crippen LogP contribution < -0.4 is 5.32 Å². The summed E-state index contributed by atoms with van der Waals surface area (Å²) in [6, 6.07) is 3.54. The van der Waals surface area contributed by atoms with Gasteiger partial charge in [0.15, 0.2) is 5.78 Å². The minimum atomic E-state index is -0.437. The molecule has 2 aromatic rings. The van der Waals surface area contributed by atoms with E-state index in [0.717, 1.165) is 36.0 Å². The summed E-state index contributed by atoms with van der Waals surface area (Å²) in [4.78, 5) is 16.7. The van der Waals surface area contributed by atoms with E-state index in [0.29, 0.717) is 11.4 Å². The van der Waals surface area contributed by atoms with Gasteiger partial charge in [0.05, 0.1) is 30.0 Å². The molecular weight excluding hydrogens is 302 g/mol. The number of nitrogens with zero attached hydrogens (tertiary/aromatic N) is 2. The molecule has 1 aromatic carbocycles. The molecule has 3 rings (SSSR count). The van der Waals surface area contributed by atoms with Crippen LogP contribution >= 0.6 is 11.6 Å². The highest BCUT2D eigenvalue weighted by Crippen LogP contribution is 2.24. The number of aliphatic hydroxyl groups is 1. The number of aryl methyl sites for hydroxylation is 1. The van der Waals surface area contributed by atoms with E-state index >= 15 is 0 Å². The van der Waals surface area contributed by atoms with Crippen molar-refractivity contribution >= 4 is 28.4 Å². The lowest BCUT2D eigenvalue weighted by Crippen LogP contribution is -2.46. The fourth-order valence-corrected chi connectivity index (χ4v) is 3.23. The standard InChI is InChI=1S/C16H20ClN3O2/c1-10-12(17)4-5-13-16(10)20(9-19-13)8-11(21)7-14-15(22)3-2-6-18-14/h4-5,9,14-15,18,22H,2-3,6-8H2,1H3/t14-,15+/m1/s1. The third kappa shape index (κ3) is 3.02. The Morgan fingerprint density at radius 3 is 3.14 bits per heavy atom. The average Bonchev–Trinajstić information content (AvgIpc) is 2.89. The van der Waals surface area contributed by atoms with Crippen LogP contribution in [0.1, 0.15) is 24.8 Å². The van der Waals surface area contributed by atoms with Crippen LogP contribution in [0.4, 0.5) is 0 Å². The molecule has 1 aliphatic heterocycles. The van der Waals surface area contributed by atoms with Crippen LogP contribution in [-0.4, -0.2) is 39.1 Å². The number of piperidine rings is 1. The molecule has 1 aliphatic rings. The molecule has 1 saturated heterocycles. The molecule has 118 valence electrons. The van der Waals surface area contributed by atoms with Crippen molar-refractivity contribution in [3.8, 4) is 0 Å². The fourth-order valence-electron chi connectivity index (χ4n) is 3.08. The second-order valence-corrected chi connectivity index (χ2v) is 6.33. The molecule has 1 fully saturated rings. The van der Waals surface area contributed by atoms with Gasteiger partial charge in [0, 0.05) is 17.5 Å². The Bertz CT molecular complexity index is 698. The number of rotatable bonds is 4. The zero-order valence-corrected chi connectivity index (χ0v) is 13.3. The van der Waals surface area contributed by atoms with E-state index in [1.807, 2.05) is 23.6 Å². The quantitative estimate of drug-likeness (QED) is 0.904. The van der Waals surface area contributed by atoms with Crippen LogP contribution in [0.25, 0.3) is 11.0 Å². The molecule has 6 heteroatoms. The molecule has 0 unspecified atom stereocenters. The Kier molecular flexibility index (Phi) is 4.47. The molecule has 0 bridgehead atoms. The zero-order valence-electron chi connectivity index (χ0n) is 12.6. The van der Waals surface area contributed by atoms with Gasteiger partial charge in [-0.3, -0.25) is 4.79 Å². The summed E-state index contributed by atoms with van der Waals surface area (Å²) >= 11 is 6.16. The fraction of sp³-hybridized carbons (Fsp3) is 0.500. The molecule has 5 nitrogen and oxygen atoms in total. The normalized spacial score (nSPS) is 22.1. The predicted octanol–water partition coefficient (Wildman–Crippen LogP) is 2.07. The third-order valence-corrected chi connectivity index (χ3v) is 4.72. The number of ketones is 1. The maximum Gasteiger partial charge on any atom is 0.154 e. The van der Waals surface area contributed by atoms with Gasteiger partial charge < -0.3 is 15.0 Å². The van der Waals surface area contributed by atoms with E-state index in [9.17, 15) is 9.90 Å². The summed E-state index contributed by atoms with van der Waals surface area (Å²) in [6.45, 7) is 3.04. The Balaban J connectivity index is 1.75. The van der Waals surface area contributed by atoms with Crippen molar-refractivity contribution in [3.63, 3.8) is 0 Å². The highest BCUT2D eigenvalue weighted by molar-refractivity contribution is 6.32. The van der Waals surface area contributed by atoms with Gasteiger partial charge in [-0.25, -0.2) is 4.98 Å². The number of aromatic nitrogens is 2. The Morgan fingerprint density at radius 1 is 1.55 bits per heavy atom. The van der Waals surface area contributed by atoms with E-state index in [-0.39, 0.29) is 18.4 Å². The van der Waals surface area contributed by atoms with Crippen molar-refractivity contribution < 1.29 is 9.90 Å². The Hall–Kier alpha value is -1.43. The van der Waals surface area contributed by atoms with E-state index in [2.05, 4.69) is 10.3 Å². The zero-order chi connectivity index (χ0) is 15.7. The van der Waals surface area contributed by atoms with Crippen molar-refractivity contribution in [2.24, 2.45) is 0 Å². The average molecular weight is 322 g/mol. The number of aliphatic hydroxyl groups excluding tert-OH is 1. The summed E-state index contributed by atoms with van der Waals surface area (Å²) in [7, 11) is 0. The SMILES string of the molecule is Cc1c(Cl)ccc2ncn(CC(=O)C[C@H]3NCCC[C@@H]3O)c12. The molecule has 2 atom stereocenters. The molecule has 22 heavy (non-hydrogen) atoms. The molecule has 0 amide bonds. The summed E-state index contributed by atoms with van der Waals surface area (Å²) < 4.78 is 1.84. The van der Waals surface area contributed by atoms with Gasteiger partial charge in [0.1, 0.15) is 0 Å². The van der Waals surface area contributed by atoms with Crippen LogP contribution in [0.15, 0.2) is 18.5 Å². The first kappa shape index (κ1) is 15.5. The minimum absolute atomic E-state index is 0.0807. The lowest BCUT2D eigenvalue weighted by atomic mass is 9.97. The van der Waals surface area contributed by atoms with Gasteiger partial charge in [-0.2, -0.15) is 0 Å². The molecule has 2 heterocycles. The lowest BCUT2D eigenvalue weighted by molar-refractivity contribution is -0.121. The minimum Gasteiger partial charge on any atom is -0.391 e. The van der Waals surface area contributed by atoms with E-state index in [1.54, 1.807) is 6.33 Å². The number of carbonyl (C=O) groups is 1. The first-order valence-electron chi connectivity index (χ1n) is 7.59. The Morgan fingerprint density at radius 2 is 2.36 bits per heavy atom. The largest absolute Gasteiger partial charge is 0.391 e. The smallest absolute Gasteiger partial charge is 0.154 e. The summed E-state index contributed by atoms with van der Waals surface area (Å²) in [5, 5.41) is 13.8. The topological polar surface area (TPSA) is 67.2 Å². The third-order valence-electron chi connectivity index (χ3n) is 4.31. The van der Waals surface area contributed by atoms with Crippen molar-refractivity contribution in [1.29, 1.82) is 0 Å². The Labute approximate surface area is 134 Å². The summed E-state index contributed by atoms with van der Waals surface area (Å²) in [6.07, 6.45) is 3.29. The molecule has 1 aromatic heterocycles. The number of hydrogen-bond acceptors (Lipinski definition) is 4. The van der Waals surface area contributed by atoms with E-state index in [1.165, 1.54) is 0 Å². The first-order valence-corrected chi connectivity index (χ1v) is 7.97. The van der Waals surface area contributed by atoms with E-state index in [4.69, 9.17) is 11.6 Å². The van der Waals surface area contributed by atoms with Crippen molar-refractivity contribution in [3.05, 3.63) is 29.0 Å². The van der Waals surface area contributed by atoms with Crippen molar-refractivity contribution in [2.75, 3.05) is 6.54 Å². The molecule has 0 aliphatic carbocycles. The predicted molar refractivity (Wildman–Crippen MR) is 86.1 cm³/mol. The summed E-state index contributed by atoms with van der Waals surface area (Å²) in [5.41, 5.74) is 2.67. The van der Waals surface area contributed by atoms with Crippen LogP contribution in [0, 0.1) is 6.92 Å². The second-order valence-electron chi connectivity index (χ2n) is 5.93. The number of Topliss-reactive ketones (excluding diaryl/α,β-unsaturated/α-hetero) is 1. The van der Waals surface area contributed by atoms with Crippen molar-refractivity contribution in [2.45, 2.75) is 44.9 Å². The van der Waals surface area contributed by atoms with Crippen molar-refractivity contribution in [1.82, 2.24) is 14.9 Å². The number of halogens is 1. The molecular formula is C16H20ClN3O2. The number of hydrogen-bond donors (Lipinski definition) is 2.